The first-order valence-corrected chi connectivity index (χ1v) is 13.6. The number of hydrogen-bond acceptors (Lipinski definition) is 6. The number of nitrogens with one attached hydrogen (secondary N) is 1. The monoisotopic (exact) mass is 577 g/mol. The quantitative estimate of drug-likeness (QED) is 0.259. The molecule has 222 valence electrons. The number of ether oxygens (including phenoxy) is 1. The molecule has 0 aliphatic carbocycles. The molecule has 0 aliphatic heterocycles. The highest BCUT2D eigenvalue weighted by molar-refractivity contribution is 6.31. The number of carbonyl (C=O) groups excluding carboxylic acids is 3. The van der Waals surface area contributed by atoms with Gasteiger partial charge in [0.1, 0.15) is 12.1 Å². The van der Waals surface area contributed by atoms with Gasteiger partial charge >= 0.3 is 5.97 Å². The van der Waals surface area contributed by atoms with Gasteiger partial charge in [-0.25, -0.2) is 4.39 Å². The van der Waals surface area contributed by atoms with E-state index < -0.39 is 0 Å². The summed E-state index contributed by atoms with van der Waals surface area (Å²) in [5.41, 5.74) is 8.32. The number of rotatable bonds is 6. The second kappa shape index (κ2) is 23.5. The number of benzene rings is 2. The normalized spacial score (nSPS) is 9.97. The van der Waals surface area contributed by atoms with Gasteiger partial charge in [-0.15, -0.1) is 0 Å². The van der Waals surface area contributed by atoms with E-state index in [1.807, 2.05) is 46.9 Å². The summed E-state index contributed by atoms with van der Waals surface area (Å²) in [4.78, 5) is 34.2. The molecule has 0 radical (unpaired) electrons. The topological polar surface area (TPSA) is 111 Å². The van der Waals surface area contributed by atoms with Crippen LogP contribution in [0, 0.1) is 25.6 Å². The summed E-state index contributed by atoms with van der Waals surface area (Å²) in [7, 11) is 0. The molecule has 3 rings (SSSR count). The van der Waals surface area contributed by atoms with Gasteiger partial charge in [0.05, 0.1) is 18.2 Å². The number of esters is 1. The summed E-state index contributed by atoms with van der Waals surface area (Å²) in [6, 6.07) is 13.4. The van der Waals surface area contributed by atoms with Gasteiger partial charge in [-0.3, -0.25) is 14.6 Å². The predicted octanol–water partition coefficient (Wildman–Crippen LogP) is 6.39. The second-order valence-corrected chi connectivity index (χ2v) is 8.77. The maximum absolute atomic E-state index is 12.6. The number of nitrogens with zero attached hydrogens (tertiary/aromatic N) is 1. The van der Waals surface area contributed by atoms with Gasteiger partial charge in [0.25, 0.3) is 0 Å². The predicted molar refractivity (Wildman–Crippen MR) is 163 cm³/mol. The number of carbonyl (C=O) groups is 3. The molecule has 3 N–H and O–H groups in total. The number of pyridine rings is 1. The first-order chi connectivity index (χ1) is 19.0. The third-order valence-electron chi connectivity index (χ3n) is 4.83. The smallest absolute Gasteiger partial charge is 0.302 e. The van der Waals surface area contributed by atoms with Crippen LogP contribution in [0.5, 0.6) is 0 Å². The molecule has 0 bridgehead atoms. The Bertz CT molecular complexity index is 1120. The Labute approximate surface area is 243 Å². The molecule has 9 heteroatoms. The van der Waals surface area contributed by atoms with Gasteiger partial charge in [-0.1, -0.05) is 75.2 Å². The number of aldehydes is 1. The highest BCUT2D eigenvalue weighted by Gasteiger charge is 2.05. The molecule has 1 aromatic heterocycles. The zero-order chi connectivity index (χ0) is 31.1. The fraction of sp³-hybridized carbons (Fsp3) is 0.419. The summed E-state index contributed by atoms with van der Waals surface area (Å²) in [5.74, 6) is -0.730. The molecule has 1 amide bonds. The van der Waals surface area contributed by atoms with Crippen LogP contribution in [0.2, 0.25) is 5.02 Å². The summed E-state index contributed by atoms with van der Waals surface area (Å²) < 4.78 is 17.4. The lowest BCUT2D eigenvalue weighted by molar-refractivity contribution is -0.142. The lowest BCUT2D eigenvalue weighted by Crippen LogP contribution is -2.34. The van der Waals surface area contributed by atoms with Crippen molar-refractivity contribution >= 4 is 40.5 Å². The largest absolute Gasteiger partial charge is 0.466 e. The van der Waals surface area contributed by atoms with Crippen LogP contribution in [-0.2, 0) is 25.5 Å². The van der Waals surface area contributed by atoms with Gasteiger partial charge in [0.15, 0.2) is 0 Å². The van der Waals surface area contributed by atoms with Gasteiger partial charge in [0.2, 0.25) is 5.91 Å². The fourth-order valence-corrected chi connectivity index (χ4v) is 3.13. The minimum atomic E-state index is -0.332. The average molecular weight is 578 g/mol. The number of nitrogens with two attached hydrogens (primary N) is 1. The Morgan fingerprint density at radius 1 is 1.15 bits per heavy atom. The third kappa shape index (κ3) is 18.0. The number of amides is 1. The van der Waals surface area contributed by atoms with E-state index in [2.05, 4.69) is 41.5 Å². The fourth-order valence-electron chi connectivity index (χ4n) is 2.87. The molecule has 0 spiro atoms. The summed E-state index contributed by atoms with van der Waals surface area (Å²) in [6.45, 7) is 15.5. The van der Waals surface area contributed by atoms with Crippen molar-refractivity contribution in [1.82, 2.24) is 10.3 Å². The SMILES string of the molecule is CC.CC(=O)OCC(C)CNC(=O)CN.CC=O.CCc1cccc(F)c1Cl.Cc1ccc2cnc(C)cc2c1. The first-order valence-electron chi connectivity index (χ1n) is 13.2. The molecule has 1 unspecified atom stereocenters. The molecule has 2 aromatic carbocycles. The number of aryl methyl sites for hydroxylation is 3. The van der Waals surface area contributed by atoms with E-state index in [9.17, 15) is 14.0 Å². The van der Waals surface area contributed by atoms with Gasteiger partial charge in [-0.2, -0.15) is 0 Å². The first kappa shape index (κ1) is 38.8. The Kier molecular flexibility index (Phi) is 22.8. The van der Waals surface area contributed by atoms with Crippen LogP contribution in [0.15, 0.2) is 48.7 Å². The molecule has 1 atom stereocenters. The van der Waals surface area contributed by atoms with Gasteiger partial charge < -0.3 is 20.6 Å². The molecule has 0 saturated carbocycles. The van der Waals surface area contributed by atoms with Crippen LogP contribution in [0.4, 0.5) is 4.39 Å². The maximum atomic E-state index is 12.6. The maximum Gasteiger partial charge on any atom is 0.302 e. The molecule has 3 aromatic rings. The molecular weight excluding hydrogens is 533 g/mol. The molecule has 0 saturated heterocycles. The number of aromatic nitrogens is 1. The summed E-state index contributed by atoms with van der Waals surface area (Å²) >= 11 is 5.62. The Hall–Kier alpha value is -3.36. The van der Waals surface area contributed by atoms with E-state index in [-0.39, 0.29) is 35.2 Å². The minimum Gasteiger partial charge on any atom is -0.466 e. The third-order valence-corrected chi connectivity index (χ3v) is 5.25. The highest BCUT2D eigenvalue weighted by atomic mass is 35.5. The van der Waals surface area contributed by atoms with Gasteiger partial charge in [-0.05, 0) is 50.3 Å². The lowest BCUT2D eigenvalue weighted by Gasteiger charge is -2.11. The molecule has 7 nitrogen and oxygen atoms in total. The second-order valence-electron chi connectivity index (χ2n) is 8.39. The van der Waals surface area contributed by atoms with Gasteiger partial charge in [0, 0.05) is 36.7 Å². The van der Waals surface area contributed by atoms with Crippen molar-refractivity contribution in [2.45, 2.75) is 61.8 Å². The van der Waals surface area contributed by atoms with Crippen molar-refractivity contribution in [1.29, 1.82) is 0 Å². The van der Waals surface area contributed by atoms with Crippen LogP contribution in [0.25, 0.3) is 10.8 Å². The summed E-state index contributed by atoms with van der Waals surface area (Å²) in [6.07, 6.45) is 3.45. The van der Waals surface area contributed by atoms with E-state index in [0.717, 1.165) is 24.0 Å². The van der Waals surface area contributed by atoms with Crippen LogP contribution in [0.1, 0.15) is 58.4 Å². The van der Waals surface area contributed by atoms with Crippen LogP contribution in [-0.4, -0.2) is 42.8 Å². The molecule has 0 fully saturated rings. The van der Waals surface area contributed by atoms with Crippen molar-refractivity contribution in [3.05, 3.63) is 76.3 Å². The standard InChI is InChI=1S/C11H11N.C8H8ClF.C8H16N2O3.C2H4O.C2H6/c1-8-3-4-10-7-12-9(2)6-11(10)5-8;1-2-6-4-3-5-7(10)8(6)9;1-6(5-13-7(2)11)4-10-8(12)3-9;1-2-3;1-2/h3-7H,1-2H3;3-5H,2H2,1H3;6H,3-5,9H2,1-2H3,(H,10,12);2H,1H3;1-2H3. The van der Waals surface area contributed by atoms with Crippen LogP contribution >= 0.6 is 11.6 Å². The van der Waals surface area contributed by atoms with Crippen LogP contribution < -0.4 is 11.1 Å². The van der Waals surface area contributed by atoms with E-state index in [1.165, 1.54) is 36.2 Å². The zero-order valence-corrected chi connectivity index (χ0v) is 25.8. The molecule has 40 heavy (non-hydrogen) atoms. The minimum absolute atomic E-state index is 0.0136. The number of hydrogen-bond donors (Lipinski definition) is 2. The van der Waals surface area contributed by atoms with Crippen molar-refractivity contribution in [2.24, 2.45) is 11.7 Å². The highest BCUT2D eigenvalue weighted by Crippen LogP contribution is 2.19. The molecule has 0 aliphatic rings. The molecule has 1 heterocycles. The van der Waals surface area contributed by atoms with E-state index in [1.54, 1.807) is 6.07 Å². The van der Waals surface area contributed by atoms with Crippen molar-refractivity contribution in [2.75, 3.05) is 19.7 Å². The lowest BCUT2D eigenvalue weighted by atomic mass is 10.1. The zero-order valence-electron chi connectivity index (χ0n) is 25.0. The Balaban J connectivity index is 0. The Morgan fingerprint density at radius 2 is 1.77 bits per heavy atom. The van der Waals surface area contributed by atoms with Crippen LogP contribution in [0.3, 0.4) is 0 Å². The number of fused-ring (bicyclic) bond motifs is 1. The van der Waals surface area contributed by atoms with Crippen molar-refractivity contribution in [3.8, 4) is 0 Å². The summed E-state index contributed by atoms with van der Waals surface area (Å²) in [5, 5.41) is 5.35. The average Bonchev–Trinajstić information content (AvgIpc) is 2.94. The van der Waals surface area contributed by atoms with Crippen molar-refractivity contribution in [3.63, 3.8) is 0 Å². The molecular formula is C31H45ClFN3O4. The van der Waals surface area contributed by atoms with E-state index in [4.69, 9.17) is 26.9 Å². The Morgan fingerprint density at radius 3 is 2.30 bits per heavy atom. The van der Waals surface area contributed by atoms with E-state index >= 15 is 0 Å². The number of halogens is 2. The van der Waals surface area contributed by atoms with Crippen molar-refractivity contribution < 1.29 is 23.5 Å². The van der Waals surface area contributed by atoms with E-state index in [0.29, 0.717) is 13.2 Å².